The number of nitrogens with zero attached hydrogens (tertiary/aromatic N) is 3. The summed E-state index contributed by atoms with van der Waals surface area (Å²) in [5.41, 5.74) is 3.46. The van der Waals surface area contributed by atoms with Gasteiger partial charge in [-0.05, 0) is 43.0 Å². The van der Waals surface area contributed by atoms with Crippen LogP contribution in [-0.4, -0.2) is 39.3 Å². The Morgan fingerprint density at radius 2 is 2.15 bits per heavy atom. The SMILES string of the molecule is O=C(NC1COCC1n1nc2c(cc1=O)CCC2)c1cc2ccccn2c1. The lowest BCUT2D eigenvalue weighted by molar-refractivity contribution is 0.0924. The zero-order chi connectivity index (χ0) is 18.4. The van der Waals surface area contributed by atoms with E-state index in [-0.39, 0.29) is 23.6 Å². The van der Waals surface area contributed by atoms with Crippen LogP contribution in [0.25, 0.3) is 5.52 Å². The number of carbonyl (C=O) groups excluding carboxylic acids is 1. The van der Waals surface area contributed by atoms with Crippen molar-refractivity contribution in [3.05, 3.63) is 69.9 Å². The molecule has 0 aromatic carbocycles. The Bertz CT molecular complexity index is 1050. The number of pyridine rings is 1. The van der Waals surface area contributed by atoms with Gasteiger partial charge >= 0.3 is 0 Å². The van der Waals surface area contributed by atoms with E-state index < -0.39 is 0 Å². The summed E-state index contributed by atoms with van der Waals surface area (Å²) in [5, 5.41) is 7.59. The number of aryl methyl sites for hydroxylation is 2. The summed E-state index contributed by atoms with van der Waals surface area (Å²) in [4.78, 5) is 25.2. The van der Waals surface area contributed by atoms with Gasteiger partial charge in [-0.1, -0.05) is 6.07 Å². The van der Waals surface area contributed by atoms with Gasteiger partial charge in [-0.15, -0.1) is 0 Å². The molecule has 1 amide bonds. The number of nitrogens with one attached hydrogen (secondary N) is 1. The standard InChI is InChI=1S/C20H20N4O3/c25-19-9-13-4-3-6-16(13)22-24(19)18-12-27-11-17(18)21-20(26)14-8-15-5-1-2-7-23(15)10-14/h1-2,5,7-10,17-18H,3-4,6,11-12H2,(H,21,26). The van der Waals surface area contributed by atoms with Crippen LogP contribution in [0.15, 0.2) is 47.5 Å². The molecule has 1 aliphatic carbocycles. The van der Waals surface area contributed by atoms with Crippen molar-refractivity contribution < 1.29 is 9.53 Å². The maximum Gasteiger partial charge on any atom is 0.267 e. The average molecular weight is 364 g/mol. The molecule has 2 aliphatic rings. The lowest BCUT2D eigenvalue weighted by Gasteiger charge is -2.20. The number of aromatic nitrogens is 3. The van der Waals surface area contributed by atoms with Crippen LogP contribution in [0.1, 0.15) is 34.1 Å². The monoisotopic (exact) mass is 364 g/mol. The normalized spacial score (nSPS) is 21.5. The third-order valence-corrected chi connectivity index (χ3v) is 5.43. The minimum absolute atomic E-state index is 0.125. The Morgan fingerprint density at radius 3 is 3.04 bits per heavy atom. The second-order valence-electron chi connectivity index (χ2n) is 7.20. The van der Waals surface area contributed by atoms with E-state index in [1.165, 1.54) is 4.68 Å². The summed E-state index contributed by atoms with van der Waals surface area (Å²) in [6.45, 7) is 0.739. The third-order valence-electron chi connectivity index (χ3n) is 5.43. The molecule has 1 fully saturated rings. The molecule has 1 N–H and O–H groups in total. The van der Waals surface area contributed by atoms with Crippen LogP contribution >= 0.6 is 0 Å². The topological polar surface area (TPSA) is 77.6 Å². The van der Waals surface area contributed by atoms with Crippen molar-refractivity contribution in [2.75, 3.05) is 13.2 Å². The molecule has 7 heteroatoms. The largest absolute Gasteiger partial charge is 0.377 e. The van der Waals surface area contributed by atoms with E-state index in [1.54, 1.807) is 12.3 Å². The summed E-state index contributed by atoms with van der Waals surface area (Å²) >= 11 is 0. The second-order valence-corrected chi connectivity index (χ2v) is 7.20. The molecule has 3 aromatic heterocycles. The first kappa shape index (κ1) is 16.3. The van der Waals surface area contributed by atoms with Crippen LogP contribution < -0.4 is 10.9 Å². The van der Waals surface area contributed by atoms with E-state index in [2.05, 4.69) is 10.4 Å². The van der Waals surface area contributed by atoms with Crippen LogP contribution in [0.4, 0.5) is 0 Å². The molecule has 5 rings (SSSR count). The molecule has 7 nitrogen and oxygen atoms in total. The van der Waals surface area contributed by atoms with E-state index >= 15 is 0 Å². The molecule has 1 aliphatic heterocycles. The van der Waals surface area contributed by atoms with Gasteiger partial charge in [0, 0.05) is 24.0 Å². The van der Waals surface area contributed by atoms with Crippen molar-refractivity contribution in [3.8, 4) is 0 Å². The summed E-state index contributed by atoms with van der Waals surface area (Å²) in [6.07, 6.45) is 6.56. The Morgan fingerprint density at radius 1 is 1.22 bits per heavy atom. The molecule has 27 heavy (non-hydrogen) atoms. The summed E-state index contributed by atoms with van der Waals surface area (Å²) in [7, 11) is 0. The molecule has 3 aromatic rings. The van der Waals surface area contributed by atoms with Gasteiger partial charge in [0.1, 0.15) is 6.04 Å². The van der Waals surface area contributed by atoms with Crippen molar-refractivity contribution >= 4 is 11.4 Å². The molecule has 2 atom stereocenters. The van der Waals surface area contributed by atoms with Crippen molar-refractivity contribution in [3.63, 3.8) is 0 Å². The fraction of sp³-hybridized carbons (Fsp3) is 0.350. The predicted octanol–water partition coefficient (Wildman–Crippen LogP) is 1.35. The molecule has 1 saturated heterocycles. The molecular weight excluding hydrogens is 344 g/mol. The number of amides is 1. The van der Waals surface area contributed by atoms with Gasteiger partial charge in [0.15, 0.2) is 0 Å². The van der Waals surface area contributed by atoms with E-state index in [0.29, 0.717) is 18.8 Å². The van der Waals surface area contributed by atoms with Crippen LogP contribution in [0, 0.1) is 0 Å². The summed E-state index contributed by atoms with van der Waals surface area (Å²) < 4.78 is 8.98. The average Bonchev–Trinajstić information content (AvgIpc) is 3.39. The van der Waals surface area contributed by atoms with E-state index in [0.717, 1.165) is 36.0 Å². The van der Waals surface area contributed by atoms with Crippen LogP contribution in [0.3, 0.4) is 0 Å². The maximum absolute atomic E-state index is 12.7. The Balaban J connectivity index is 1.40. The number of hydrogen-bond donors (Lipinski definition) is 1. The highest BCUT2D eigenvalue weighted by atomic mass is 16.5. The number of ether oxygens (including phenoxy) is 1. The zero-order valence-corrected chi connectivity index (χ0v) is 14.8. The summed E-state index contributed by atoms with van der Waals surface area (Å²) in [6, 6.07) is 8.76. The minimum Gasteiger partial charge on any atom is -0.377 e. The molecule has 138 valence electrons. The van der Waals surface area contributed by atoms with Gasteiger partial charge in [0.25, 0.3) is 11.5 Å². The molecule has 0 saturated carbocycles. The molecule has 0 bridgehead atoms. The number of rotatable bonds is 3. The van der Waals surface area contributed by atoms with E-state index in [4.69, 9.17) is 4.74 Å². The molecule has 4 heterocycles. The molecule has 0 spiro atoms. The van der Waals surface area contributed by atoms with Gasteiger partial charge in [-0.25, -0.2) is 4.68 Å². The minimum atomic E-state index is -0.288. The van der Waals surface area contributed by atoms with Gasteiger partial charge in [-0.2, -0.15) is 5.10 Å². The number of carbonyl (C=O) groups is 1. The van der Waals surface area contributed by atoms with Crippen molar-refractivity contribution in [2.24, 2.45) is 0 Å². The Hall–Kier alpha value is -2.93. The quantitative estimate of drug-likeness (QED) is 0.761. The van der Waals surface area contributed by atoms with Crippen LogP contribution in [-0.2, 0) is 17.6 Å². The number of fused-ring (bicyclic) bond motifs is 2. The predicted molar refractivity (Wildman–Crippen MR) is 99.0 cm³/mol. The van der Waals surface area contributed by atoms with Crippen LogP contribution in [0.2, 0.25) is 0 Å². The first-order chi connectivity index (χ1) is 13.2. The molecular formula is C20H20N4O3. The third kappa shape index (κ3) is 2.84. The van der Waals surface area contributed by atoms with Crippen molar-refractivity contribution in [1.29, 1.82) is 0 Å². The maximum atomic E-state index is 12.7. The van der Waals surface area contributed by atoms with Gasteiger partial charge in [-0.3, -0.25) is 9.59 Å². The van der Waals surface area contributed by atoms with Gasteiger partial charge < -0.3 is 14.5 Å². The first-order valence-corrected chi connectivity index (χ1v) is 9.26. The first-order valence-electron chi connectivity index (χ1n) is 9.26. The van der Waals surface area contributed by atoms with E-state index in [1.807, 2.05) is 34.9 Å². The van der Waals surface area contributed by atoms with Gasteiger partial charge in [0.2, 0.25) is 0 Å². The molecule has 0 radical (unpaired) electrons. The van der Waals surface area contributed by atoms with E-state index in [9.17, 15) is 9.59 Å². The lowest BCUT2D eigenvalue weighted by atomic mass is 10.1. The number of hydrogen-bond acceptors (Lipinski definition) is 4. The summed E-state index contributed by atoms with van der Waals surface area (Å²) in [5.74, 6) is -0.173. The molecule has 2 unspecified atom stereocenters. The fourth-order valence-corrected chi connectivity index (χ4v) is 4.01. The van der Waals surface area contributed by atoms with Gasteiger partial charge in [0.05, 0.1) is 30.5 Å². The zero-order valence-electron chi connectivity index (χ0n) is 14.8. The highest BCUT2D eigenvalue weighted by Gasteiger charge is 2.33. The highest BCUT2D eigenvalue weighted by Crippen LogP contribution is 2.22. The fourth-order valence-electron chi connectivity index (χ4n) is 4.01. The van der Waals surface area contributed by atoms with Crippen LogP contribution in [0.5, 0.6) is 0 Å². The smallest absolute Gasteiger partial charge is 0.267 e. The second kappa shape index (κ2) is 6.35. The Kier molecular flexibility index (Phi) is 3.82. The van der Waals surface area contributed by atoms with Crippen molar-refractivity contribution in [1.82, 2.24) is 19.5 Å². The highest BCUT2D eigenvalue weighted by molar-refractivity contribution is 5.95. The lowest BCUT2D eigenvalue weighted by Crippen LogP contribution is -2.44. The Labute approximate surface area is 155 Å². The van der Waals surface area contributed by atoms with Crippen molar-refractivity contribution in [2.45, 2.75) is 31.3 Å².